The summed E-state index contributed by atoms with van der Waals surface area (Å²) in [7, 11) is 1.95. The smallest absolute Gasteiger partial charge is 0.339 e. The number of benzene rings is 1. The van der Waals surface area contributed by atoms with Crippen LogP contribution < -0.4 is 28.5 Å². The van der Waals surface area contributed by atoms with Crippen molar-refractivity contribution in [3.63, 3.8) is 0 Å². The van der Waals surface area contributed by atoms with Gasteiger partial charge in [-0.05, 0) is 26.0 Å². The molecule has 19 heavy (non-hydrogen) atoms. The fraction of sp³-hybridized carbons (Fsp3) is 0.286. The van der Waals surface area contributed by atoms with Gasteiger partial charge in [0.05, 0.1) is 10.9 Å². The van der Waals surface area contributed by atoms with Crippen molar-refractivity contribution in [1.82, 2.24) is 0 Å². The van der Waals surface area contributed by atoms with Crippen LogP contribution in [0.15, 0.2) is 41.2 Å². The molecule has 0 spiro atoms. The molecule has 0 bridgehead atoms. The second-order valence-corrected chi connectivity index (χ2v) is 5.34. The van der Waals surface area contributed by atoms with Crippen LogP contribution in [0.2, 0.25) is 0 Å². The standard InChI is InChI=1S/C14H16NO2S.HI/c1-14(2,12-9-18-10-15(12)3)17-13(16)11-7-5-4-6-8-11;/h4-10H,1-3H3;1H/q+1;/p-1. The number of hydrogen-bond acceptors (Lipinski definition) is 3. The minimum Gasteiger partial charge on any atom is -1.00 e. The van der Waals surface area contributed by atoms with Crippen LogP contribution in [0, 0.1) is 0 Å². The first-order valence-electron chi connectivity index (χ1n) is 5.71. The Kier molecular flexibility index (Phi) is 5.49. The number of esters is 1. The van der Waals surface area contributed by atoms with Gasteiger partial charge in [0.25, 0.3) is 0 Å². The third kappa shape index (κ3) is 3.76. The third-order valence-corrected chi connectivity index (χ3v) is 3.55. The Morgan fingerprint density at radius 3 is 2.42 bits per heavy atom. The van der Waals surface area contributed by atoms with E-state index in [1.54, 1.807) is 23.5 Å². The summed E-state index contributed by atoms with van der Waals surface area (Å²) in [6.45, 7) is 3.80. The summed E-state index contributed by atoms with van der Waals surface area (Å²) < 4.78 is 7.57. The number of rotatable bonds is 3. The molecule has 0 aliphatic carbocycles. The van der Waals surface area contributed by atoms with Crippen molar-refractivity contribution >= 4 is 17.3 Å². The van der Waals surface area contributed by atoms with E-state index in [4.69, 9.17) is 4.74 Å². The molecule has 0 fully saturated rings. The quantitative estimate of drug-likeness (QED) is 0.409. The Bertz CT molecular complexity index is 552. The third-order valence-electron chi connectivity index (χ3n) is 2.75. The summed E-state index contributed by atoms with van der Waals surface area (Å²) in [6.07, 6.45) is 0. The van der Waals surface area contributed by atoms with Crippen LogP contribution in [0.3, 0.4) is 0 Å². The van der Waals surface area contributed by atoms with E-state index in [0.29, 0.717) is 5.56 Å². The van der Waals surface area contributed by atoms with E-state index in [0.717, 1.165) is 5.69 Å². The van der Waals surface area contributed by atoms with Crippen LogP contribution in [0.5, 0.6) is 0 Å². The van der Waals surface area contributed by atoms with Gasteiger partial charge in [-0.15, -0.1) is 0 Å². The van der Waals surface area contributed by atoms with Crippen molar-refractivity contribution in [2.75, 3.05) is 0 Å². The topological polar surface area (TPSA) is 30.2 Å². The zero-order valence-corrected chi connectivity index (χ0v) is 14.1. The average Bonchev–Trinajstić information content (AvgIpc) is 2.77. The van der Waals surface area contributed by atoms with E-state index >= 15 is 0 Å². The van der Waals surface area contributed by atoms with E-state index < -0.39 is 5.60 Å². The lowest BCUT2D eigenvalue weighted by Crippen LogP contribution is -3.00. The predicted octanol–water partition coefficient (Wildman–Crippen LogP) is -0.331. The SMILES string of the molecule is C[n+]1cscc1C(C)(C)OC(=O)c1ccccc1.[I-]. The Morgan fingerprint density at radius 2 is 1.89 bits per heavy atom. The van der Waals surface area contributed by atoms with Gasteiger partial charge in [-0.1, -0.05) is 29.5 Å². The molecule has 3 nitrogen and oxygen atoms in total. The molecule has 2 rings (SSSR count). The first kappa shape index (κ1) is 16.1. The molecule has 0 saturated carbocycles. The minimum atomic E-state index is -0.637. The summed E-state index contributed by atoms with van der Waals surface area (Å²) in [6, 6.07) is 9.04. The average molecular weight is 389 g/mol. The van der Waals surface area contributed by atoms with Crippen molar-refractivity contribution < 1.29 is 38.1 Å². The number of carbonyl (C=O) groups is 1. The number of aromatic nitrogens is 1. The number of aryl methyl sites for hydroxylation is 1. The van der Waals surface area contributed by atoms with Crippen molar-refractivity contribution in [2.45, 2.75) is 19.4 Å². The fourth-order valence-electron chi connectivity index (χ4n) is 1.81. The highest BCUT2D eigenvalue weighted by Gasteiger charge is 2.34. The lowest BCUT2D eigenvalue weighted by molar-refractivity contribution is -0.680. The Labute approximate surface area is 134 Å². The number of carbonyl (C=O) groups excluding carboxylic acids is 1. The van der Waals surface area contributed by atoms with Crippen molar-refractivity contribution in [2.24, 2.45) is 7.05 Å². The summed E-state index contributed by atoms with van der Waals surface area (Å²) >= 11 is 1.59. The number of hydrogen-bond donors (Lipinski definition) is 0. The van der Waals surface area contributed by atoms with E-state index in [9.17, 15) is 4.79 Å². The highest BCUT2D eigenvalue weighted by molar-refractivity contribution is 7.07. The summed E-state index contributed by atoms with van der Waals surface area (Å²) in [4.78, 5) is 12.0. The highest BCUT2D eigenvalue weighted by atomic mass is 127. The van der Waals surface area contributed by atoms with E-state index in [2.05, 4.69) is 0 Å². The maximum Gasteiger partial charge on any atom is 0.339 e. The van der Waals surface area contributed by atoms with Crippen LogP contribution in [-0.2, 0) is 17.4 Å². The zero-order valence-electron chi connectivity index (χ0n) is 11.1. The fourth-order valence-corrected chi connectivity index (χ4v) is 2.75. The molecular weight excluding hydrogens is 373 g/mol. The first-order chi connectivity index (χ1) is 8.50. The molecule has 0 unspecified atom stereocenters. The molecule has 5 heteroatoms. The molecule has 102 valence electrons. The van der Waals surface area contributed by atoms with Crippen molar-refractivity contribution in [1.29, 1.82) is 0 Å². The first-order valence-corrected chi connectivity index (χ1v) is 6.65. The van der Waals surface area contributed by atoms with Gasteiger partial charge in [0.15, 0.2) is 5.60 Å². The lowest BCUT2D eigenvalue weighted by Gasteiger charge is -2.21. The minimum absolute atomic E-state index is 0. The summed E-state index contributed by atoms with van der Waals surface area (Å²) in [5.41, 5.74) is 2.90. The van der Waals surface area contributed by atoms with Crippen molar-refractivity contribution in [3.05, 3.63) is 52.5 Å². The molecule has 1 aromatic carbocycles. The van der Waals surface area contributed by atoms with Gasteiger partial charge in [-0.25, -0.2) is 4.79 Å². The van der Waals surface area contributed by atoms with Gasteiger partial charge in [0.2, 0.25) is 11.2 Å². The van der Waals surface area contributed by atoms with Crippen LogP contribution in [0.25, 0.3) is 0 Å². The molecule has 0 aliphatic rings. The van der Waals surface area contributed by atoms with E-state index in [1.165, 1.54) is 0 Å². The molecule has 0 saturated heterocycles. The summed E-state index contributed by atoms with van der Waals surface area (Å²) in [5, 5.41) is 2.00. The molecule has 0 atom stereocenters. The Balaban J connectivity index is 0.00000180. The van der Waals surface area contributed by atoms with Crippen LogP contribution in [-0.4, -0.2) is 5.97 Å². The van der Waals surface area contributed by atoms with Gasteiger partial charge >= 0.3 is 5.97 Å². The largest absolute Gasteiger partial charge is 1.00 e. The number of nitrogens with zero attached hydrogens (tertiary/aromatic N) is 1. The molecule has 0 aliphatic heterocycles. The van der Waals surface area contributed by atoms with Crippen molar-refractivity contribution in [3.8, 4) is 0 Å². The monoisotopic (exact) mass is 389 g/mol. The molecule has 2 aromatic rings. The Morgan fingerprint density at radius 1 is 1.26 bits per heavy atom. The van der Waals surface area contributed by atoms with E-state index in [1.807, 2.05) is 54.6 Å². The summed E-state index contributed by atoms with van der Waals surface area (Å²) in [5.74, 6) is -0.299. The van der Waals surface area contributed by atoms with Crippen LogP contribution >= 0.6 is 11.3 Å². The number of halogens is 1. The Hall–Kier alpha value is -0.950. The molecule has 1 heterocycles. The molecule has 0 N–H and O–H groups in total. The highest BCUT2D eigenvalue weighted by Crippen LogP contribution is 2.24. The molecular formula is C14H16INO2S. The molecule has 0 amide bonds. The number of ether oxygens (including phenoxy) is 1. The van der Waals surface area contributed by atoms with Gasteiger partial charge in [-0.3, -0.25) is 0 Å². The number of thiazole rings is 1. The maximum absolute atomic E-state index is 12.0. The van der Waals surface area contributed by atoms with Crippen LogP contribution in [0.4, 0.5) is 0 Å². The maximum atomic E-state index is 12.0. The van der Waals surface area contributed by atoms with Gasteiger partial charge in [-0.2, -0.15) is 4.57 Å². The van der Waals surface area contributed by atoms with Gasteiger partial charge < -0.3 is 28.7 Å². The van der Waals surface area contributed by atoms with Gasteiger partial charge in [0, 0.05) is 0 Å². The molecule has 1 aromatic heterocycles. The van der Waals surface area contributed by atoms with E-state index in [-0.39, 0.29) is 29.9 Å². The molecule has 0 radical (unpaired) electrons. The predicted molar refractivity (Wildman–Crippen MR) is 70.4 cm³/mol. The van der Waals surface area contributed by atoms with Crippen LogP contribution in [0.1, 0.15) is 29.9 Å². The lowest BCUT2D eigenvalue weighted by atomic mass is 10.1. The second kappa shape index (κ2) is 6.47. The normalized spacial score (nSPS) is 10.7. The van der Waals surface area contributed by atoms with Gasteiger partial charge in [0.1, 0.15) is 7.05 Å². The zero-order chi connectivity index (χ0) is 13.2. The second-order valence-electron chi connectivity index (χ2n) is 4.62.